The molecule has 4 aromatic rings. The Hall–Kier alpha value is -3.32. The van der Waals surface area contributed by atoms with Gasteiger partial charge >= 0.3 is 0 Å². The van der Waals surface area contributed by atoms with Crippen LogP contribution >= 0.6 is 0 Å². The van der Waals surface area contributed by atoms with Crippen molar-refractivity contribution in [2.24, 2.45) is 0 Å². The second kappa shape index (κ2) is 6.53. The summed E-state index contributed by atoms with van der Waals surface area (Å²) >= 11 is 0. The number of benzene rings is 2. The lowest BCUT2D eigenvalue weighted by Gasteiger charge is -2.15. The molecule has 0 saturated heterocycles. The largest absolute Gasteiger partial charge is 0.368 e. The molecule has 0 radical (unpaired) electrons. The third-order valence-electron chi connectivity index (χ3n) is 4.36. The van der Waals surface area contributed by atoms with Crippen LogP contribution in [0.2, 0.25) is 0 Å². The van der Waals surface area contributed by atoms with E-state index >= 15 is 0 Å². The molecule has 26 heavy (non-hydrogen) atoms. The van der Waals surface area contributed by atoms with Crippen LogP contribution in [-0.4, -0.2) is 25.4 Å². The van der Waals surface area contributed by atoms with E-state index in [1.54, 1.807) is 6.20 Å². The Morgan fingerprint density at radius 1 is 1.00 bits per heavy atom. The summed E-state index contributed by atoms with van der Waals surface area (Å²) in [7, 11) is 0. The summed E-state index contributed by atoms with van der Waals surface area (Å²) in [5.74, 6) is 0.264. The van der Waals surface area contributed by atoms with E-state index in [0.29, 0.717) is 0 Å². The monoisotopic (exact) mass is 347 g/mol. The van der Waals surface area contributed by atoms with Gasteiger partial charge in [0.2, 0.25) is 5.95 Å². The molecule has 0 aliphatic heterocycles. The minimum atomic E-state index is 0. The van der Waals surface area contributed by atoms with Crippen LogP contribution in [0.15, 0.2) is 36.5 Å². The number of aryl methyl sites for hydroxylation is 3. The Bertz CT molecular complexity index is 1080. The van der Waals surface area contributed by atoms with Crippen LogP contribution in [-0.2, 0) is 0 Å². The second-order valence-electron chi connectivity index (χ2n) is 6.31. The van der Waals surface area contributed by atoms with Crippen LogP contribution in [0.5, 0.6) is 0 Å². The molecule has 6 N–H and O–H groups in total. The average molecular weight is 347 g/mol. The summed E-state index contributed by atoms with van der Waals surface area (Å²) in [5, 5.41) is 10.8. The van der Waals surface area contributed by atoms with Crippen molar-refractivity contribution in [1.29, 1.82) is 0 Å². The van der Waals surface area contributed by atoms with Gasteiger partial charge in [-0.3, -0.25) is 5.10 Å². The number of aromatic amines is 1. The Kier molecular flexibility index (Phi) is 4.40. The van der Waals surface area contributed by atoms with Crippen molar-refractivity contribution in [2.45, 2.75) is 20.8 Å². The molecule has 132 valence electrons. The van der Waals surface area contributed by atoms with Gasteiger partial charge in [-0.15, -0.1) is 5.10 Å². The Morgan fingerprint density at radius 2 is 1.73 bits per heavy atom. The van der Waals surface area contributed by atoms with Crippen molar-refractivity contribution in [3.63, 3.8) is 0 Å². The number of rotatable bonds is 2. The van der Waals surface area contributed by atoms with Gasteiger partial charge < -0.3 is 11.9 Å². The van der Waals surface area contributed by atoms with Crippen molar-refractivity contribution >= 4 is 17.0 Å². The SMILES string of the molecule is Cc1cc(C)c(-c2nc(N)ncc2-c2ccc3[nH]nnc3c2)c(C)c1.N. The number of H-pyrrole nitrogens is 1. The molecule has 2 aromatic carbocycles. The van der Waals surface area contributed by atoms with Crippen LogP contribution in [0.25, 0.3) is 33.4 Å². The molecule has 0 atom stereocenters. The van der Waals surface area contributed by atoms with E-state index in [1.165, 1.54) is 16.7 Å². The third-order valence-corrected chi connectivity index (χ3v) is 4.36. The molecule has 0 bridgehead atoms. The van der Waals surface area contributed by atoms with E-state index in [2.05, 4.69) is 58.3 Å². The maximum absolute atomic E-state index is 5.90. The highest BCUT2D eigenvalue weighted by Crippen LogP contribution is 2.35. The highest BCUT2D eigenvalue weighted by atomic mass is 15.3. The molecule has 2 aromatic heterocycles. The summed E-state index contributed by atoms with van der Waals surface area (Å²) in [6.07, 6.45) is 1.78. The normalized spacial score (nSPS) is 10.7. The molecule has 2 heterocycles. The number of nitrogens with zero attached hydrogens (tertiary/aromatic N) is 4. The van der Waals surface area contributed by atoms with Crippen LogP contribution in [0, 0.1) is 20.8 Å². The summed E-state index contributed by atoms with van der Waals surface area (Å²) in [5.41, 5.74) is 15.0. The fourth-order valence-electron chi connectivity index (χ4n) is 3.36. The van der Waals surface area contributed by atoms with Gasteiger partial charge in [-0.1, -0.05) is 29.0 Å². The Balaban J connectivity index is 0.00000196. The number of aromatic nitrogens is 5. The second-order valence-corrected chi connectivity index (χ2v) is 6.31. The minimum Gasteiger partial charge on any atom is -0.368 e. The maximum Gasteiger partial charge on any atom is 0.220 e. The molecule has 0 fully saturated rings. The quantitative estimate of drug-likeness (QED) is 0.506. The molecule has 0 saturated carbocycles. The van der Waals surface area contributed by atoms with Crippen LogP contribution in [0.3, 0.4) is 0 Å². The number of nitrogen functional groups attached to an aromatic ring is 1. The first-order valence-corrected chi connectivity index (χ1v) is 8.05. The maximum atomic E-state index is 5.90. The molecular weight excluding hydrogens is 326 g/mol. The van der Waals surface area contributed by atoms with Gasteiger partial charge in [0.15, 0.2) is 0 Å². The predicted molar refractivity (Wildman–Crippen MR) is 104 cm³/mol. The first-order chi connectivity index (χ1) is 12.0. The Morgan fingerprint density at radius 3 is 2.46 bits per heavy atom. The lowest BCUT2D eigenvalue weighted by molar-refractivity contribution is 0.959. The standard InChI is InChI=1S/C19H18N6.H3N/c1-10-6-11(2)17(12(3)7-10)18-14(9-21-19(20)22-18)13-4-5-15-16(8-13)24-25-23-15;/h4-9H,1-3H3,(H2,20,21,22)(H,23,24,25);1H3. The zero-order chi connectivity index (χ0) is 17.6. The van der Waals surface area contributed by atoms with Gasteiger partial charge in [-0.2, -0.15) is 0 Å². The van der Waals surface area contributed by atoms with E-state index in [0.717, 1.165) is 33.4 Å². The molecular formula is C19H21N7. The summed E-state index contributed by atoms with van der Waals surface area (Å²) in [4.78, 5) is 8.77. The van der Waals surface area contributed by atoms with Crippen molar-refractivity contribution in [3.05, 3.63) is 53.2 Å². The highest BCUT2D eigenvalue weighted by molar-refractivity contribution is 5.88. The number of nitrogens with one attached hydrogen (secondary N) is 1. The van der Waals surface area contributed by atoms with Crippen molar-refractivity contribution < 1.29 is 0 Å². The van der Waals surface area contributed by atoms with Crippen molar-refractivity contribution in [2.75, 3.05) is 5.73 Å². The average Bonchev–Trinajstić information content (AvgIpc) is 3.01. The van der Waals surface area contributed by atoms with Crippen LogP contribution in [0.4, 0.5) is 5.95 Å². The van der Waals surface area contributed by atoms with E-state index in [1.807, 2.05) is 18.2 Å². The van der Waals surface area contributed by atoms with Crippen molar-refractivity contribution in [3.8, 4) is 22.4 Å². The molecule has 0 unspecified atom stereocenters. The lowest BCUT2D eigenvalue weighted by Crippen LogP contribution is -2.01. The zero-order valence-corrected chi connectivity index (χ0v) is 15.0. The van der Waals surface area contributed by atoms with E-state index in [-0.39, 0.29) is 12.1 Å². The predicted octanol–water partition coefficient (Wildman–Crippen LogP) is 3.75. The first-order valence-electron chi connectivity index (χ1n) is 8.05. The molecule has 0 spiro atoms. The number of fused-ring (bicyclic) bond motifs is 1. The number of hydrogen-bond acceptors (Lipinski definition) is 6. The van der Waals surface area contributed by atoms with Crippen LogP contribution in [0.1, 0.15) is 16.7 Å². The van der Waals surface area contributed by atoms with Gasteiger partial charge in [0, 0.05) is 17.3 Å². The third kappa shape index (κ3) is 2.89. The van der Waals surface area contributed by atoms with Gasteiger partial charge in [0.05, 0.1) is 11.2 Å². The molecule has 0 aliphatic carbocycles. The fraction of sp³-hybridized carbons (Fsp3) is 0.158. The zero-order valence-electron chi connectivity index (χ0n) is 15.0. The van der Waals surface area contributed by atoms with Gasteiger partial charge in [-0.05, 0) is 49.6 Å². The number of anilines is 1. The number of nitrogens with two attached hydrogens (primary N) is 1. The number of hydrogen-bond donors (Lipinski definition) is 3. The Labute approximate surface area is 151 Å². The molecule has 4 rings (SSSR count). The molecule has 7 nitrogen and oxygen atoms in total. The minimum absolute atomic E-state index is 0. The van der Waals surface area contributed by atoms with Gasteiger partial charge in [0.25, 0.3) is 0 Å². The highest BCUT2D eigenvalue weighted by Gasteiger charge is 2.16. The summed E-state index contributed by atoms with van der Waals surface area (Å²) in [6.45, 7) is 6.29. The van der Waals surface area contributed by atoms with E-state index in [4.69, 9.17) is 5.73 Å². The molecule has 0 aliphatic rings. The molecule has 0 amide bonds. The van der Waals surface area contributed by atoms with E-state index < -0.39 is 0 Å². The summed E-state index contributed by atoms with van der Waals surface area (Å²) in [6, 6.07) is 10.3. The van der Waals surface area contributed by atoms with Gasteiger partial charge in [-0.25, -0.2) is 9.97 Å². The summed E-state index contributed by atoms with van der Waals surface area (Å²) < 4.78 is 0. The van der Waals surface area contributed by atoms with Gasteiger partial charge in [0.1, 0.15) is 5.52 Å². The first kappa shape index (κ1) is 17.5. The topological polar surface area (TPSA) is 128 Å². The molecule has 7 heteroatoms. The van der Waals surface area contributed by atoms with E-state index in [9.17, 15) is 0 Å². The smallest absolute Gasteiger partial charge is 0.220 e. The van der Waals surface area contributed by atoms with Crippen molar-refractivity contribution in [1.82, 2.24) is 31.5 Å². The fourth-order valence-corrected chi connectivity index (χ4v) is 3.36. The van der Waals surface area contributed by atoms with Crippen LogP contribution < -0.4 is 11.9 Å². The lowest BCUT2D eigenvalue weighted by atomic mass is 9.93.